The van der Waals surface area contributed by atoms with E-state index in [0.717, 1.165) is 25.7 Å². The monoisotopic (exact) mass is 691 g/mol. The molecule has 0 amide bonds. The predicted molar refractivity (Wildman–Crippen MR) is 199 cm³/mol. The van der Waals surface area contributed by atoms with Crippen molar-refractivity contribution in [3.8, 4) is 0 Å². The molecule has 1 fully saturated rings. The zero-order chi connectivity index (χ0) is 34.5. The topological polar surface area (TPSA) is 74.2 Å². The number of rotatable bonds is 35. The van der Waals surface area contributed by atoms with Gasteiger partial charge in [-0.1, -0.05) is 168 Å². The van der Waals surface area contributed by atoms with Gasteiger partial charge in [0.25, 0.3) is 0 Å². The molecule has 1 saturated heterocycles. The maximum absolute atomic E-state index is 12.4. The first-order valence-electron chi connectivity index (χ1n) is 20.4. The molecule has 1 N–H and O–H groups in total. The number of phosphoric acid groups is 1. The van der Waals surface area contributed by atoms with Gasteiger partial charge in [0.05, 0.1) is 34.4 Å². The molecule has 0 spiro atoms. The summed E-state index contributed by atoms with van der Waals surface area (Å²) in [5, 5.41) is 0. The largest absolute Gasteiger partial charge is 0.472 e. The van der Waals surface area contributed by atoms with Gasteiger partial charge in [0, 0.05) is 12.8 Å². The maximum atomic E-state index is 12.4. The van der Waals surface area contributed by atoms with Gasteiger partial charge in [-0.2, -0.15) is 0 Å². The van der Waals surface area contributed by atoms with Crippen LogP contribution >= 0.6 is 7.82 Å². The van der Waals surface area contributed by atoms with E-state index in [1.807, 2.05) is 21.1 Å². The normalized spacial score (nSPS) is 17.8. The third kappa shape index (κ3) is 27.4. The van der Waals surface area contributed by atoms with Crippen LogP contribution in [0.4, 0.5) is 0 Å². The van der Waals surface area contributed by atoms with Crippen LogP contribution in [0.5, 0.6) is 0 Å². The molecule has 0 bridgehead atoms. The van der Waals surface area contributed by atoms with E-state index in [9.17, 15) is 9.46 Å². The average Bonchev–Trinajstić information content (AvgIpc) is 3.43. The summed E-state index contributed by atoms with van der Waals surface area (Å²) >= 11 is 0. The van der Waals surface area contributed by atoms with Gasteiger partial charge in [-0.15, -0.1) is 0 Å². The molecule has 0 aromatic rings. The molecular weight excluding hydrogens is 609 g/mol. The Morgan fingerprint density at radius 3 is 1.34 bits per heavy atom. The van der Waals surface area contributed by atoms with Crippen molar-refractivity contribution in [3.63, 3.8) is 0 Å². The highest BCUT2D eigenvalue weighted by Crippen LogP contribution is 2.44. The van der Waals surface area contributed by atoms with Crippen LogP contribution in [0.2, 0.25) is 0 Å². The smallest absolute Gasteiger partial charge is 0.347 e. The van der Waals surface area contributed by atoms with E-state index in [-0.39, 0.29) is 19.3 Å². The molecule has 1 rings (SSSR count). The Kier molecular flexibility index (Phi) is 27.4. The van der Waals surface area contributed by atoms with Gasteiger partial charge in [-0.3, -0.25) is 9.05 Å². The van der Waals surface area contributed by atoms with E-state index < -0.39 is 13.6 Å². The van der Waals surface area contributed by atoms with E-state index in [4.69, 9.17) is 18.5 Å². The lowest BCUT2D eigenvalue weighted by Crippen LogP contribution is -2.37. The molecule has 282 valence electrons. The summed E-state index contributed by atoms with van der Waals surface area (Å²) in [6.45, 7) is 5.76. The summed E-state index contributed by atoms with van der Waals surface area (Å²) in [5.41, 5.74) is 0. The first-order chi connectivity index (χ1) is 22.6. The number of nitrogens with zero attached hydrogens (tertiary/aromatic N) is 1. The molecule has 0 aliphatic carbocycles. The Hall–Kier alpha value is -0.0100. The summed E-state index contributed by atoms with van der Waals surface area (Å²) in [6.07, 6.45) is 36.1. The standard InChI is InChI=1S/C39H80NO6P/c1-6-8-10-12-14-16-18-20-22-24-26-28-30-32-39(33-31-29-27-25-23-21-19-17-15-13-11-9-7-2)43-36-38(46-39)37-45-47(41,42)44-35-34-40(3,4)5/h38H,6-37H2,1-5H3/p+1. The van der Waals surface area contributed by atoms with E-state index in [1.54, 1.807) is 0 Å². The molecule has 8 heteroatoms. The van der Waals surface area contributed by atoms with Crippen LogP contribution in [0.1, 0.15) is 194 Å². The van der Waals surface area contributed by atoms with Crippen molar-refractivity contribution in [3.05, 3.63) is 0 Å². The fourth-order valence-corrected chi connectivity index (χ4v) is 7.30. The van der Waals surface area contributed by atoms with E-state index in [2.05, 4.69) is 13.8 Å². The molecular formula is C39H81NO6P+. The van der Waals surface area contributed by atoms with Gasteiger partial charge in [-0.05, 0) is 12.8 Å². The van der Waals surface area contributed by atoms with Crippen LogP contribution in [0.15, 0.2) is 0 Å². The molecule has 1 aliphatic heterocycles. The number of likely N-dealkylation sites (N-methyl/N-ethyl adjacent to an activating group) is 1. The van der Waals surface area contributed by atoms with Crippen molar-refractivity contribution in [2.75, 3.05) is 47.5 Å². The maximum Gasteiger partial charge on any atom is 0.472 e. The molecule has 1 heterocycles. The number of ether oxygens (including phenoxy) is 2. The van der Waals surface area contributed by atoms with Gasteiger partial charge >= 0.3 is 7.82 Å². The lowest BCUT2D eigenvalue weighted by Gasteiger charge is -2.28. The molecule has 2 atom stereocenters. The van der Waals surface area contributed by atoms with Crippen molar-refractivity contribution in [1.29, 1.82) is 0 Å². The first kappa shape index (κ1) is 45.0. The minimum atomic E-state index is -4.12. The van der Waals surface area contributed by atoms with Crippen molar-refractivity contribution in [1.82, 2.24) is 0 Å². The molecule has 47 heavy (non-hydrogen) atoms. The number of hydrogen-bond acceptors (Lipinski definition) is 5. The van der Waals surface area contributed by atoms with Gasteiger partial charge in [0.2, 0.25) is 0 Å². The number of unbranched alkanes of at least 4 members (excludes halogenated alkanes) is 24. The minimum Gasteiger partial charge on any atom is -0.347 e. The summed E-state index contributed by atoms with van der Waals surface area (Å²) in [5.74, 6) is -0.590. The van der Waals surface area contributed by atoms with E-state index in [1.165, 1.54) is 154 Å². The van der Waals surface area contributed by atoms with Crippen LogP contribution < -0.4 is 0 Å². The quantitative estimate of drug-likeness (QED) is 0.0405. The SMILES string of the molecule is CCCCCCCCCCCCCCCC1(CCCCCCCCCCCCCCC)OCC(COP(=O)(O)OCC[N+](C)(C)C)O1. The Morgan fingerprint density at radius 1 is 0.617 bits per heavy atom. The Morgan fingerprint density at radius 2 is 0.979 bits per heavy atom. The zero-order valence-corrected chi connectivity index (χ0v) is 33.0. The van der Waals surface area contributed by atoms with Gasteiger partial charge in [0.1, 0.15) is 19.3 Å². The lowest BCUT2D eigenvalue weighted by atomic mass is 9.98. The highest BCUT2D eigenvalue weighted by atomic mass is 31.2. The first-order valence-corrected chi connectivity index (χ1v) is 21.8. The fraction of sp³-hybridized carbons (Fsp3) is 1.00. The van der Waals surface area contributed by atoms with Crippen molar-refractivity contribution in [2.45, 2.75) is 206 Å². The number of phosphoric ester groups is 1. The van der Waals surface area contributed by atoms with Gasteiger partial charge < -0.3 is 18.9 Å². The fourth-order valence-electron chi connectivity index (χ4n) is 6.55. The van der Waals surface area contributed by atoms with Crippen LogP contribution in [-0.2, 0) is 23.1 Å². The number of hydrogen-bond donors (Lipinski definition) is 1. The second kappa shape index (κ2) is 28.7. The molecule has 0 aromatic heterocycles. The Labute approximate surface area is 292 Å². The van der Waals surface area contributed by atoms with Gasteiger partial charge in [-0.25, -0.2) is 4.57 Å². The van der Waals surface area contributed by atoms with Crippen molar-refractivity contribution in [2.24, 2.45) is 0 Å². The van der Waals surface area contributed by atoms with Crippen LogP contribution in [0.3, 0.4) is 0 Å². The molecule has 2 unspecified atom stereocenters. The molecule has 1 aliphatic rings. The highest BCUT2D eigenvalue weighted by molar-refractivity contribution is 7.47. The highest BCUT2D eigenvalue weighted by Gasteiger charge is 2.41. The average molecular weight is 691 g/mol. The molecule has 0 aromatic carbocycles. The van der Waals surface area contributed by atoms with E-state index >= 15 is 0 Å². The lowest BCUT2D eigenvalue weighted by molar-refractivity contribution is -0.870. The summed E-state index contributed by atoms with van der Waals surface area (Å²) in [4.78, 5) is 10.2. The van der Waals surface area contributed by atoms with Crippen molar-refractivity contribution >= 4 is 7.82 Å². The van der Waals surface area contributed by atoms with E-state index in [0.29, 0.717) is 17.6 Å². The third-order valence-electron chi connectivity index (χ3n) is 9.68. The summed E-state index contributed by atoms with van der Waals surface area (Å²) in [7, 11) is 1.93. The molecule has 7 nitrogen and oxygen atoms in total. The van der Waals surface area contributed by atoms with Crippen LogP contribution in [-0.4, -0.2) is 68.8 Å². The minimum absolute atomic E-state index is 0.0110. The summed E-state index contributed by atoms with van der Waals surface area (Å²) in [6, 6.07) is 0. The van der Waals surface area contributed by atoms with Crippen molar-refractivity contribution < 1.29 is 32.5 Å². The van der Waals surface area contributed by atoms with Crippen LogP contribution in [0.25, 0.3) is 0 Å². The predicted octanol–water partition coefficient (Wildman–Crippen LogP) is 11.9. The third-order valence-corrected chi connectivity index (χ3v) is 10.7. The number of quaternary nitrogens is 1. The molecule has 0 radical (unpaired) electrons. The summed E-state index contributed by atoms with van der Waals surface area (Å²) < 4.78 is 36.5. The zero-order valence-electron chi connectivity index (χ0n) is 32.1. The Bertz CT molecular complexity index is 715. The second-order valence-corrected chi connectivity index (χ2v) is 17.0. The molecule has 0 saturated carbocycles. The van der Waals surface area contributed by atoms with Crippen LogP contribution in [0, 0.1) is 0 Å². The van der Waals surface area contributed by atoms with Gasteiger partial charge in [0.15, 0.2) is 5.79 Å². The second-order valence-electron chi connectivity index (χ2n) is 15.6. The Balaban J connectivity index is 2.35.